The maximum atomic E-state index is 13.4. The van der Waals surface area contributed by atoms with Crippen LogP contribution in [-0.4, -0.2) is 66.6 Å². The Morgan fingerprint density at radius 1 is 1.18 bits per heavy atom. The molecule has 4 amide bonds. The number of aromatic nitrogens is 1. The third kappa shape index (κ3) is 5.55. The summed E-state index contributed by atoms with van der Waals surface area (Å²) in [6, 6.07) is 7.08. The number of urea groups is 1. The summed E-state index contributed by atoms with van der Waals surface area (Å²) in [5.74, 6) is 0.476. The summed E-state index contributed by atoms with van der Waals surface area (Å²) in [4.78, 5) is 48.0. The van der Waals surface area contributed by atoms with E-state index < -0.39 is 0 Å². The molecule has 2 aromatic heterocycles. The average Bonchev–Trinajstić information content (AvgIpc) is 3.44. The molecular formula is C28H34N6O4S. The molecule has 5 rings (SSSR count). The van der Waals surface area contributed by atoms with E-state index in [1.54, 1.807) is 17.2 Å². The number of hydrogen-bond donors (Lipinski definition) is 3. The summed E-state index contributed by atoms with van der Waals surface area (Å²) < 4.78 is 5.81. The molecule has 2 aliphatic rings. The minimum Gasteiger partial charge on any atom is -0.491 e. The molecule has 10 nitrogen and oxygen atoms in total. The summed E-state index contributed by atoms with van der Waals surface area (Å²) >= 11 is 1.27. The number of anilines is 3. The number of carbonyl (C=O) groups is 3. The Hall–Kier alpha value is -3.70. The second-order valence-electron chi connectivity index (χ2n) is 10.7. The van der Waals surface area contributed by atoms with E-state index in [1.165, 1.54) is 11.3 Å². The van der Waals surface area contributed by atoms with Gasteiger partial charge in [0.1, 0.15) is 15.5 Å². The first kappa shape index (κ1) is 26.9. The lowest BCUT2D eigenvalue weighted by Gasteiger charge is -2.29. The van der Waals surface area contributed by atoms with Crippen molar-refractivity contribution < 1.29 is 19.1 Å². The largest absolute Gasteiger partial charge is 0.491 e. The van der Waals surface area contributed by atoms with Crippen LogP contribution >= 0.6 is 11.3 Å². The molecule has 206 valence electrons. The second kappa shape index (κ2) is 10.8. The number of thiophene rings is 1. The van der Waals surface area contributed by atoms with Gasteiger partial charge in [-0.15, -0.1) is 11.3 Å². The van der Waals surface area contributed by atoms with Gasteiger partial charge >= 0.3 is 6.03 Å². The number of likely N-dealkylation sites (N-methyl/N-ethyl adjacent to an activating group) is 1. The van der Waals surface area contributed by atoms with Crippen molar-refractivity contribution in [2.75, 3.05) is 30.9 Å². The number of rotatable bonds is 8. The van der Waals surface area contributed by atoms with Crippen LogP contribution < -0.4 is 25.6 Å². The fraction of sp³-hybridized carbons (Fsp3) is 0.429. The molecule has 39 heavy (non-hydrogen) atoms. The number of carbonyl (C=O) groups excluding carboxylic acids is 3. The third-order valence-corrected chi connectivity index (χ3v) is 7.92. The van der Waals surface area contributed by atoms with Crippen molar-refractivity contribution in [1.82, 2.24) is 20.5 Å². The van der Waals surface area contributed by atoms with Gasteiger partial charge in [-0.05, 0) is 84.0 Å². The van der Waals surface area contributed by atoms with Crippen LogP contribution in [0.5, 0.6) is 5.75 Å². The highest BCUT2D eigenvalue weighted by molar-refractivity contribution is 7.21. The first-order chi connectivity index (χ1) is 18.6. The van der Waals surface area contributed by atoms with Crippen LogP contribution in [0.15, 0.2) is 30.5 Å². The molecule has 2 atom stereocenters. The van der Waals surface area contributed by atoms with E-state index in [2.05, 4.69) is 20.9 Å². The first-order valence-electron chi connectivity index (χ1n) is 13.2. The van der Waals surface area contributed by atoms with Crippen LogP contribution in [0, 0.1) is 6.92 Å². The summed E-state index contributed by atoms with van der Waals surface area (Å²) in [7, 11) is 3.71. The van der Waals surface area contributed by atoms with Gasteiger partial charge in [-0.1, -0.05) is 0 Å². The molecule has 3 heterocycles. The summed E-state index contributed by atoms with van der Waals surface area (Å²) in [5, 5.41) is 9.86. The van der Waals surface area contributed by atoms with Crippen LogP contribution in [0.25, 0.3) is 10.2 Å². The molecule has 2 unspecified atom stereocenters. The Kier molecular flexibility index (Phi) is 7.46. The lowest BCUT2D eigenvalue weighted by atomic mass is 10.1. The van der Waals surface area contributed by atoms with Gasteiger partial charge in [-0.3, -0.25) is 14.5 Å². The van der Waals surface area contributed by atoms with Gasteiger partial charge in [0.05, 0.1) is 35.1 Å². The van der Waals surface area contributed by atoms with E-state index in [0.717, 1.165) is 35.2 Å². The lowest BCUT2D eigenvalue weighted by molar-refractivity contribution is -0.122. The fourth-order valence-corrected chi connectivity index (χ4v) is 6.29. The van der Waals surface area contributed by atoms with Crippen molar-refractivity contribution >= 4 is 56.5 Å². The number of pyridine rings is 1. The van der Waals surface area contributed by atoms with E-state index in [0.29, 0.717) is 34.0 Å². The van der Waals surface area contributed by atoms with Crippen molar-refractivity contribution in [2.45, 2.75) is 58.2 Å². The normalized spacial score (nSPS) is 18.5. The zero-order valence-electron chi connectivity index (χ0n) is 22.8. The molecule has 1 aromatic carbocycles. The number of hydrogen-bond acceptors (Lipinski definition) is 7. The molecular weight excluding hydrogens is 516 g/mol. The maximum absolute atomic E-state index is 13.4. The van der Waals surface area contributed by atoms with E-state index in [4.69, 9.17) is 4.74 Å². The van der Waals surface area contributed by atoms with Gasteiger partial charge < -0.3 is 25.6 Å². The smallest absolute Gasteiger partial charge is 0.331 e. The van der Waals surface area contributed by atoms with E-state index >= 15 is 0 Å². The molecule has 0 saturated heterocycles. The SMILES string of the molecule is Cc1cc(OC(C)C)ccc1N1C(=O)Nc2c(C(=O)NC3CCC(NC(=O)CN(C)C)C3)sc3nccc1c23. The van der Waals surface area contributed by atoms with E-state index in [9.17, 15) is 14.4 Å². The number of benzene rings is 1. The summed E-state index contributed by atoms with van der Waals surface area (Å²) in [6.45, 7) is 6.21. The Balaban J connectivity index is 1.37. The topological polar surface area (TPSA) is 116 Å². The third-order valence-electron chi connectivity index (χ3n) is 6.83. The van der Waals surface area contributed by atoms with Crippen LogP contribution in [0.4, 0.5) is 21.9 Å². The van der Waals surface area contributed by atoms with Gasteiger partial charge in [0.2, 0.25) is 5.91 Å². The standard InChI is InChI=1S/C28H34N6O4S/c1-15(2)38-19-8-9-20(16(3)12-19)34-21-10-11-29-27-23(21)24(32-28(34)37)25(39-27)26(36)31-18-7-6-17(13-18)30-22(35)14-33(4)5/h8-12,15,17-18H,6-7,13-14H2,1-5H3,(H,30,35)(H,31,36)(H,32,37). The number of nitrogens with one attached hydrogen (secondary N) is 3. The van der Waals surface area contributed by atoms with Crippen molar-refractivity contribution in [3.63, 3.8) is 0 Å². The summed E-state index contributed by atoms with van der Waals surface area (Å²) in [6.07, 6.45) is 3.96. The molecule has 1 saturated carbocycles. The zero-order valence-corrected chi connectivity index (χ0v) is 23.6. The Labute approximate surface area is 231 Å². The quantitative estimate of drug-likeness (QED) is 0.383. The highest BCUT2D eigenvalue weighted by atomic mass is 32.1. The zero-order chi connectivity index (χ0) is 27.8. The molecule has 3 aromatic rings. The average molecular weight is 551 g/mol. The highest BCUT2D eigenvalue weighted by Gasteiger charge is 2.34. The number of nitrogens with zero attached hydrogens (tertiary/aromatic N) is 3. The Morgan fingerprint density at radius 3 is 2.62 bits per heavy atom. The maximum Gasteiger partial charge on any atom is 0.331 e. The van der Waals surface area contributed by atoms with Gasteiger partial charge in [0.15, 0.2) is 0 Å². The minimum absolute atomic E-state index is 0.0193. The van der Waals surface area contributed by atoms with Crippen LogP contribution in [0.1, 0.15) is 48.3 Å². The van der Waals surface area contributed by atoms with E-state index in [-0.39, 0.29) is 36.0 Å². The Bertz CT molecular complexity index is 1430. The van der Waals surface area contributed by atoms with Gasteiger partial charge in [0.25, 0.3) is 5.91 Å². The molecule has 1 aliphatic carbocycles. The molecule has 0 spiro atoms. The fourth-order valence-electron chi connectivity index (χ4n) is 5.26. The Morgan fingerprint density at radius 2 is 1.92 bits per heavy atom. The van der Waals surface area contributed by atoms with Gasteiger partial charge in [-0.2, -0.15) is 0 Å². The lowest BCUT2D eigenvalue weighted by Crippen LogP contribution is -2.40. The minimum atomic E-state index is -0.340. The van der Waals surface area contributed by atoms with Crippen LogP contribution in [-0.2, 0) is 4.79 Å². The predicted molar refractivity (Wildman–Crippen MR) is 153 cm³/mol. The molecule has 3 N–H and O–H groups in total. The molecule has 1 aliphatic heterocycles. The predicted octanol–water partition coefficient (Wildman–Crippen LogP) is 4.40. The summed E-state index contributed by atoms with van der Waals surface area (Å²) in [5.41, 5.74) is 2.79. The number of aryl methyl sites for hydroxylation is 1. The van der Waals surface area contributed by atoms with Crippen molar-refractivity contribution in [2.24, 2.45) is 0 Å². The molecule has 1 fully saturated rings. The second-order valence-corrected chi connectivity index (χ2v) is 11.7. The van der Waals surface area contributed by atoms with E-state index in [1.807, 2.05) is 58.0 Å². The molecule has 0 bridgehead atoms. The van der Waals surface area contributed by atoms with Crippen molar-refractivity contribution in [3.8, 4) is 5.75 Å². The molecule has 11 heteroatoms. The monoisotopic (exact) mass is 550 g/mol. The van der Waals surface area contributed by atoms with Crippen molar-refractivity contribution in [1.29, 1.82) is 0 Å². The van der Waals surface area contributed by atoms with Gasteiger partial charge in [-0.25, -0.2) is 9.78 Å². The van der Waals surface area contributed by atoms with Crippen molar-refractivity contribution in [3.05, 3.63) is 40.9 Å². The number of amides is 4. The number of ether oxygens (including phenoxy) is 1. The van der Waals surface area contributed by atoms with Crippen LogP contribution in [0.2, 0.25) is 0 Å². The van der Waals surface area contributed by atoms with Gasteiger partial charge in [0, 0.05) is 18.3 Å². The van der Waals surface area contributed by atoms with Crippen LogP contribution in [0.3, 0.4) is 0 Å². The molecule has 0 radical (unpaired) electrons. The highest BCUT2D eigenvalue weighted by Crippen LogP contribution is 2.46. The first-order valence-corrected chi connectivity index (χ1v) is 14.0.